The van der Waals surface area contributed by atoms with Crippen molar-refractivity contribution in [3.8, 4) is 0 Å². The van der Waals surface area contributed by atoms with Crippen LogP contribution in [0.3, 0.4) is 0 Å². The maximum atomic E-state index is 9.17. The van der Waals surface area contributed by atoms with Gasteiger partial charge in [-0.3, -0.25) is 4.98 Å². The topological polar surface area (TPSA) is 45.2 Å². The normalized spacial score (nSPS) is 18.0. The van der Waals surface area contributed by atoms with E-state index in [0.717, 1.165) is 42.9 Å². The average Bonchev–Trinajstić information content (AvgIpc) is 2.31. The van der Waals surface area contributed by atoms with Crippen molar-refractivity contribution in [2.45, 2.75) is 32.3 Å². The van der Waals surface area contributed by atoms with E-state index >= 15 is 0 Å². The van der Waals surface area contributed by atoms with Crippen LogP contribution in [0.15, 0.2) is 12.1 Å². The SMILES string of the molecule is Cc1ccc(C2CCNCC2)nc1CO. The smallest absolute Gasteiger partial charge is 0.0855 e. The highest BCUT2D eigenvalue weighted by Gasteiger charge is 2.16. The molecule has 1 aliphatic heterocycles. The maximum absolute atomic E-state index is 9.17. The largest absolute Gasteiger partial charge is 0.390 e. The standard InChI is InChI=1S/C12H18N2O/c1-9-2-3-11(14-12(9)8-15)10-4-6-13-7-5-10/h2-3,10,13,15H,4-8H2,1H3. The monoisotopic (exact) mass is 206 g/mol. The Morgan fingerprint density at radius 2 is 2.13 bits per heavy atom. The highest BCUT2D eigenvalue weighted by atomic mass is 16.3. The summed E-state index contributed by atoms with van der Waals surface area (Å²) in [5.41, 5.74) is 3.05. The van der Waals surface area contributed by atoms with Crippen LogP contribution in [-0.2, 0) is 6.61 Å². The predicted octanol–water partition coefficient (Wildman–Crippen LogP) is 1.35. The molecule has 3 heteroatoms. The number of nitrogens with one attached hydrogen (secondary N) is 1. The first-order valence-electron chi connectivity index (χ1n) is 5.59. The van der Waals surface area contributed by atoms with Gasteiger partial charge in [0.25, 0.3) is 0 Å². The second kappa shape index (κ2) is 4.73. The number of hydrogen-bond donors (Lipinski definition) is 2. The lowest BCUT2D eigenvalue weighted by molar-refractivity contribution is 0.275. The molecule has 1 aliphatic rings. The van der Waals surface area contributed by atoms with E-state index in [2.05, 4.69) is 22.4 Å². The molecule has 3 nitrogen and oxygen atoms in total. The summed E-state index contributed by atoms with van der Waals surface area (Å²) in [6.45, 7) is 4.19. The van der Waals surface area contributed by atoms with Crippen molar-refractivity contribution in [2.24, 2.45) is 0 Å². The average molecular weight is 206 g/mol. The van der Waals surface area contributed by atoms with Gasteiger partial charge in [0, 0.05) is 11.6 Å². The molecule has 0 aromatic carbocycles. The van der Waals surface area contributed by atoms with Crippen LogP contribution in [0.4, 0.5) is 0 Å². The van der Waals surface area contributed by atoms with Crippen molar-refractivity contribution in [1.29, 1.82) is 0 Å². The van der Waals surface area contributed by atoms with Gasteiger partial charge in [-0.15, -0.1) is 0 Å². The van der Waals surface area contributed by atoms with Crippen molar-refractivity contribution in [3.63, 3.8) is 0 Å². The fourth-order valence-electron chi connectivity index (χ4n) is 2.09. The first-order chi connectivity index (χ1) is 7.31. The zero-order valence-electron chi connectivity index (χ0n) is 9.16. The second-order valence-corrected chi connectivity index (χ2v) is 4.18. The van der Waals surface area contributed by atoms with Crippen molar-refractivity contribution < 1.29 is 5.11 Å². The van der Waals surface area contributed by atoms with Crippen molar-refractivity contribution >= 4 is 0 Å². The van der Waals surface area contributed by atoms with E-state index in [1.54, 1.807) is 0 Å². The van der Waals surface area contributed by atoms with E-state index in [9.17, 15) is 0 Å². The number of piperidine rings is 1. The predicted molar refractivity (Wildman–Crippen MR) is 59.7 cm³/mol. The first kappa shape index (κ1) is 10.6. The molecule has 15 heavy (non-hydrogen) atoms. The molecule has 2 rings (SSSR count). The summed E-state index contributed by atoms with van der Waals surface area (Å²) in [6.07, 6.45) is 2.31. The Morgan fingerprint density at radius 3 is 2.80 bits per heavy atom. The number of rotatable bonds is 2. The van der Waals surface area contributed by atoms with Gasteiger partial charge in [-0.05, 0) is 44.5 Å². The number of aromatic nitrogens is 1. The summed E-state index contributed by atoms with van der Waals surface area (Å²) in [5, 5.41) is 12.5. The molecule has 0 saturated carbocycles. The molecule has 2 N–H and O–H groups in total. The molecule has 0 amide bonds. The Kier molecular flexibility index (Phi) is 3.34. The molecule has 0 spiro atoms. The van der Waals surface area contributed by atoms with Gasteiger partial charge in [0.15, 0.2) is 0 Å². The molecular formula is C12H18N2O. The minimum absolute atomic E-state index is 0.0463. The van der Waals surface area contributed by atoms with Gasteiger partial charge in [0.05, 0.1) is 12.3 Å². The van der Waals surface area contributed by atoms with Crippen LogP contribution in [-0.4, -0.2) is 23.2 Å². The molecule has 82 valence electrons. The summed E-state index contributed by atoms with van der Waals surface area (Å²) in [4.78, 5) is 4.54. The molecule has 0 aliphatic carbocycles. The minimum atomic E-state index is 0.0463. The molecule has 2 heterocycles. The van der Waals surface area contributed by atoms with Crippen LogP contribution in [0.5, 0.6) is 0 Å². The number of pyridine rings is 1. The number of hydrogen-bond acceptors (Lipinski definition) is 3. The Hall–Kier alpha value is -0.930. The summed E-state index contributed by atoms with van der Waals surface area (Å²) in [7, 11) is 0. The van der Waals surface area contributed by atoms with E-state index in [1.807, 2.05) is 6.92 Å². The van der Waals surface area contributed by atoms with Gasteiger partial charge in [0.1, 0.15) is 0 Å². The molecule has 1 saturated heterocycles. The minimum Gasteiger partial charge on any atom is -0.390 e. The molecular weight excluding hydrogens is 188 g/mol. The molecule has 0 unspecified atom stereocenters. The lowest BCUT2D eigenvalue weighted by Gasteiger charge is -2.22. The van der Waals surface area contributed by atoms with Crippen LogP contribution < -0.4 is 5.32 Å². The van der Waals surface area contributed by atoms with Crippen molar-refractivity contribution in [1.82, 2.24) is 10.3 Å². The highest BCUT2D eigenvalue weighted by molar-refractivity contribution is 5.23. The summed E-state index contributed by atoms with van der Waals surface area (Å²) in [6, 6.07) is 4.17. The Bertz CT molecular complexity index is 332. The molecule has 0 atom stereocenters. The lowest BCUT2D eigenvalue weighted by Crippen LogP contribution is -2.27. The highest BCUT2D eigenvalue weighted by Crippen LogP contribution is 2.24. The number of aryl methyl sites for hydroxylation is 1. The summed E-state index contributed by atoms with van der Waals surface area (Å²) >= 11 is 0. The van der Waals surface area contributed by atoms with E-state index in [1.165, 1.54) is 0 Å². The van der Waals surface area contributed by atoms with Crippen LogP contribution in [0.2, 0.25) is 0 Å². The maximum Gasteiger partial charge on any atom is 0.0855 e. The zero-order chi connectivity index (χ0) is 10.7. The summed E-state index contributed by atoms with van der Waals surface area (Å²) < 4.78 is 0. The van der Waals surface area contributed by atoms with Crippen molar-refractivity contribution in [3.05, 3.63) is 29.1 Å². The summed E-state index contributed by atoms with van der Waals surface area (Å²) in [5.74, 6) is 0.567. The van der Waals surface area contributed by atoms with Gasteiger partial charge in [-0.1, -0.05) is 6.07 Å². The van der Waals surface area contributed by atoms with Crippen LogP contribution in [0.25, 0.3) is 0 Å². The Balaban J connectivity index is 2.20. The number of aliphatic hydroxyl groups excluding tert-OH is 1. The van der Waals surface area contributed by atoms with Gasteiger partial charge < -0.3 is 10.4 Å². The third-order valence-corrected chi connectivity index (χ3v) is 3.13. The van der Waals surface area contributed by atoms with E-state index in [0.29, 0.717) is 5.92 Å². The van der Waals surface area contributed by atoms with Crippen LogP contribution in [0.1, 0.15) is 35.7 Å². The van der Waals surface area contributed by atoms with Gasteiger partial charge in [0.2, 0.25) is 0 Å². The fourth-order valence-corrected chi connectivity index (χ4v) is 2.09. The quantitative estimate of drug-likeness (QED) is 0.767. The molecule has 1 fully saturated rings. The van der Waals surface area contributed by atoms with E-state index < -0.39 is 0 Å². The van der Waals surface area contributed by atoms with Crippen LogP contribution >= 0.6 is 0 Å². The number of aliphatic hydroxyl groups is 1. The van der Waals surface area contributed by atoms with E-state index in [4.69, 9.17) is 5.11 Å². The van der Waals surface area contributed by atoms with Crippen LogP contribution in [0, 0.1) is 6.92 Å². The van der Waals surface area contributed by atoms with Gasteiger partial charge in [-0.25, -0.2) is 0 Å². The number of nitrogens with zero attached hydrogens (tertiary/aromatic N) is 1. The Morgan fingerprint density at radius 1 is 1.40 bits per heavy atom. The third-order valence-electron chi connectivity index (χ3n) is 3.13. The fraction of sp³-hybridized carbons (Fsp3) is 0.583. The molecule has 0 radical (unpaired) electrons. The molecule has 0 bridgehead atoms. The third kappa shape index (κ3) is 2.36. The lowest BCUT2D eigenvalue weighted by atomic mass is 9.93. The second-order valence-electron chi connectivity index (χ2n) is 4.18. The first-order valence-corrected chi connectivity index (χ1v) is 5.59. The molecule has 1 aromatic rings. The zero-order valence-corrected chi connectivity index (χ0v) is 9.16. The Labute approximate surface area is 90.5 Å². The van der Waals surface area contributed by atoms with Crippen molar-refractivity contribution in [2.75, 3.05) is 13.1 Å². The van der Waals surface area contributed by atoms with Gasteiger partial charge >= 0.3 is 0 Å². The van der Waals surface area contributed by atoms with Gasteiger partial charge in [-0.2, -0.15) is 0 Å². The van der Waals surface area contributed by atoms with E-state index in [-0.39, 0.29) is 6.61 Å². The molecule has 1 aromatic heterocycles.